The number of halogens is 3. The van der Waals surface area contributed by atoms with E-state index >= 15 is 0 Å². The van der Waals surface area contributed by atoms with E-state index in [2.05, 4.69) is 19.7 Å². The van der Waals surface area contributed by atoms with Crippen LogP contribution in [0.1, 0.15) is 19.3 Å². The van der Waals surface area contributed by atoms with Crippen molar-refractivity contribution in [3.05, 3.63) is 29.9 Å². The van der Waals surface area contributed by atoms with Crippen molar-refractivity contribution in [1.82, 2.24) is 14.3 Å². The lowest BCUT2D eigenvalue weighted by atomic mass is 10.0. The molecule has 2 aliphatic rings. The minimum absolute atomic E-state index is 0.109. The van der Waals surface area contributed by atoms with E-state index in [1.807, 2.05) is 13.1 Å². The number of rotatable bonds is 5. The number of H-pyrrole nitrogens is 1. The summed E-state index contributed by atoms with van der Waals surface area (Å²) in [6, 6.07) is 2.01. The van der Waals surface area contributed by atoms with Crippen molar-refractivity contribution in [3.8, 4) is 0 Å². The van der Waals surface area contributed by atoms with Crippen LogP contribution in [-0.2, 0) is 10.0 Å². The number of fused-ring (bicyclic) bond motifs is 2. The highest BCUT2D eigenvalue weighted by molar-refractivity contribution is 7.89. The maximum atomic E-state index is 12.4. The van der Waals surface area contributed by atoms with E-state index < -0.39 is 28.4 Å². The summed E-state index contributed by atoms with van der Waals surface area (Å²) in [5.41, 5.74) is 1.96. The summed E-state index contributed by atoms with van der Waals surface area (Å²) >= 11 is 0. The van der Waals surface area contributed by atoms with Gasteiger partial charge in [0.1, 0.15) is 5.65 Å². The molecule has 3 atom stereocenters. The van der Waals surface area contributed by atoms with Crippen LogP contribution in [-0.4, -0.2) is 60.8 Å². The molecule has 2 aromatic heterocycles. The molecular weight excluding hydrogens is 419 g/mol. The molecule has 1 N–H and O–H groups in total. The van der Waals surface area contributed by atoms with Gasteiger partial charge in [-0.2, -0.15) is 13.2 Å². The fourth-order valence-electron chi connectivity index (χ4n) is 4.76. The van der Waals surface area contributed by atoms with Gasteiger partial charge >= 0.3 is 6.18 Å². The first-order chi connectivity index (χ1) is 14.1. The van der Waals surface area contributed by atoms with Crippen molar-refractivity contribution in [1.29, 1.82) is 0 Å². The lowest BCUT2D eigenvalue weighted by Gasteiger charge is -2.30. The predicted molar refractivity (Wildman–Crippen MR) is 107 cm³/mol. The summed E-state index contributed by atoms with van der Waals surface area (Å²) in [6.45, 7) is 8.01. The van der Waals surface area contributed by atoms with Crippen molar-refractivity contribution in [2.24, 2.45) is 11.8 Å². The second-order valence-corrected chi connectivity index (χ2v) is 10.2. The Balaban J connectivity index is 1.46. The molecule has 4 rings (SSSR count). The van der Waals surface area contributed by atoms with Gasteiger partial charge in [-0.05, 0) is 30.7 Å². The molecule has 0 spiro atoms. The number of alkyl halides is 3. The van der Waals surface area contributed by atoms with Crippen LogP contribution in [0, 0.1) is 18.4 Å². The number of pyridine rings is 1. The van der Waals surface area contributed by atoms with Gasteiger partial charge in [0.15, 0.2) is 0 Å². The molecule has 7 nitrogen and oxygen atoms in total. The second kappa shape index (κ2) is 7.42. The Morgan fingerprint density at radius 1 is 1.33 bits per heavy atom. The molecule has 3 heterocycles. The van der Waals surface area contributed by atoms with E-state index in [0.717, 1.165) is 23.9 Å². The lowest BCUT2D eigenvalue weighted by Crippen LogP contribution is -2.36. The Bertz CT molecular complexity index is 1080. The van der Waals surface area contributed by atoms with Gasteiger partial charge in [-0.3, -0.25) is 4.98 Å². The number of anilines is 1. The molecule has 0 aromatic carbocycles. The summed E-state index contributed by atoms with van der Waals surface area (Å²) in [6.07, 6.45) is -1.01. The van der Waals surface area contributed by atoms with Gasteiger partial charge < -0.3 is 9.88 Å². The fraction of sp³-hybridized carbons (Fsp3) is 0.579. The van der Waals surface area contributed by atoms with Crippen LogP contribution in [0.2, 0.25) is 0 Å². The number of hydrogen-bond acceptors (Lipinski definition) is 4. The average molecular weight is 441 g/mol. The summed E-state index contributed by atoms with van der Waals surface area (Å²) in [5, 5.41) is 0.861. The first-order valence-corrected chi connectivity index (χ1v) is 11.3. The molecule has 1 unspecified atom stereocenters. The van der Waals surface area contributed by atoms with Gasteiger partial charge in [0, 0.05) is 44.0 Å². The van der Waals surface area contributed by atoms with E-state index in [4.69, 9.17) is 6.57 Å². The zero-order valence-corrected chi connectivity index (χ0v) is 17.2. The van der Waals surface area contributed by atoms with Crippen LogP contribution >= 0.6 is 0 Å². The normalized spacial score (nSPS) is 24.8. The highest BCUT2D eigenvalue weighted by atomic mass is 32.2. The van der Waals surface area contributed by atoms with Crippen molar-refractivity contribution in [3.63, 3.8) is 0 Å². The first-order valence-electron chi connectivity index (χ1n) is 9.70. The van der Waals surface area contributed by atoms with Crippen LogP contribution in [0.25, 0.3) is 15.9 Å². The van der Waals surface area contributed by atoms with Crippen LogP contribution < -0.4 is 4.90 Å². The fourth-order valence-corrected chi connectivity index (χ4v) is 6.35. The molecule has 0 amide bonds. The third-order valence-electron chi connectivity index (χ3n) is 6.29. The molecule has 1 aliphatic heterocycles. The molecule has 1 aliphatic carbocycles. The van der Waals surface area contributed by atoms with Crippen LogP contribution in [0.3, 0.4) is 0 Å². The summed E-state index contributed by atoms with van der Waals surface area (Å²) in [4.78, 5) is 13.0. The highest BCUT2D eigenvalue weighted by Crippen LogP contribution is 2.44. The van der Waals surface area contributed by atoms with Crippen molar-refractivity contribution in [2.45, 2.75) is 31.5 Å². The molecular formula is C19H22F3N5O2S. The second-order valence-electron chi connectivity index (χ2n) is 8.10. The number of aromatic nitrogens is 2. The highest BCUT2D eigenvalue weighted by Gasteiger charge is 2.46. The minimum Gasteiger partial charge on any atom is -0.380 e. The standard InChI is InChI=1S/C19H22F3N5O2S/c1-23-16-9-25-18-15(3-5-24-18)17(16)26(2)14-7-12-10-27(11-13(12)8-14)30(28,29)6-4-19(20,21)22/h3,5,9,12-14H,4,6-8,10-11H2,2H3,(H,24,25)/t12-,13+,14?. The van der Waals surface area contributed by atoms with E-state index in [-0.39, 0.29) is 31.0 Å². The van der Waals surface area contributed by atoms with E-state index in [1.54, 1.807) is 12.4 Å². The predicted octanol–water partition coefficient (Wildman–Crippen LogP) is 3.54. The largest absolute Gasteiger partial charge is 0.390 e. The number of nitrogens with one attached hydrogen (secondary N) is 1. The van der Waals surface area contributed by atoms with Gasteiger partial charge in [0.05, 0.1) is 24.4 Å². The number of sulfonamides is 1. The molecule has 2 aromatic rings. The Kier molecular flexibility index (Phi) is 5.18. The molecule has 30 heavy (non-hydrogen) atoms. The first kappa shape index (κ1) is 20.9. The van der Waals surface area contributed by atoms with E-state index in [9.17, 15) is 21.6 Å². The monoisotopic (exact) mass is 441 g/mol. The molecule has 11 heteroatoms. The van der Waals surface area contributed by atoms with Gasteiger partial charge in [-0.1, -0.05) is 0 Å². The number of aromatic amines is 1. The topological polar surface area (TPSA) is 73.7 Å². The van der Waals surface area contributed by atoms with Crippen molar-refractivity contribution in [2.75, 3.05) is 30.8 Å². The van der Waals surface area contributed by atoms with E-state index in [1.165, 1.54) is 4.31 Å². The minimum atomic E-state index is -4.48. The lowest BCUT2D eigenvalue weighted by molar-refractivity contribution is -0.130. The smallest absolute Gasteiger partial charge is 0.380 e. The molecule has 1 saturated heterocycles. The zero-order valence-electron chi connectivity index (χ0n) is 16.4. The van der Waals surface area contributed by atoms with Crippen LogP contribution in [0.5, 0.6) is 0 Å². The Morgan fingerprint density at radius 3 is 2.60 bits per heavy atom. The zero-order chi connectivity index (χ0) is 21.7. The third-order valence-corrected chi connectivity index (χ3v) is 8.09. The Labute approximate surface area is 172 Å². The summed E-state index contributed by atoms with van der Waals surface area (Å²) in [7, 11) is -1.98. The maximum absolute atomic E-state index is 12.4. The molecule has 2 fully saturated rings. The van der Waals surface area contributed by atoms with Gasteiger partial charge in [0.2, 0.25) is 15.7 Å². The van der Waals surface area contributed by atoms with Gasteiger partial charge in [-0.15, -0.1) is 0 Å². The van der Waals surface area contributed by atoms with Crippen LogP contribution in [0.15, 0.2) is 18.5 Å². The van der Waals surface area contributed by atoms with Crippen molar-refractivity contribution >= 4 is 32.4 Å². The quantitative estimate of drug-likeness (QED) is 0.721. The van der Waals surface area contributed by atoms with E-state index in [0.29, 0.717) is 11.3 Å². The van der Waals surface area contributed by atoms with Crippen LogP contribution in [0.4, 0.5) is 24.5 Å². The molecule has 1 saturated carbocycles. The molecule has 0 bridgehead atoms. The molecule has 0 radical (unpaired) electrons. The number of nitrogens with zero attached hydrogens (tertiary/aromatic N) is 4. The van der Waals surface area contributed by atoms with Gasteiger partial charge in [-0.25, -0.2) is 17.6 Å². The van der Waals surface area contributed by atoms with Crippen molar-refractivity contribution < 1.29 is 21.6 Å². The summed E-state index contributed by atoms with van der Waals surface area (Å²) < 4.78 is 63.2. The Morgan fingerprint density at radius 2 is 2.00 bits per heavy atom. The molecule has 162 valence electrons. The third kappa shape index (κ3) is 3.86. The number of hydrogen-bond donors (Lipinski definition) is 1. The maximum Gasteiger partial charge on any atom is 0.390 e. The summed E-state index contributed by atoms with van der Waals surface area (Å²) in [5.74, 6) is -0.674. The Hall–Kier alpha value is -2.32. The SMILES string of the molecule is [C-]#[N+]c1cnc2[nH]ccc2c1N(C)C1C[C@@H]2CN(S(=O)(=O)CCC(F)(F)F)C[C@@H]2C1. The van der Waals surface area contributed by atoms with Gasteiger partial charge in [0.25, 0.3) is 0 Å². The average Bonchev–Trinajstić information content (AvgIpc) is 3.38.